The van der Waals surface area contributed by atoms with Gasteiger partial charge in [0.25, 0.3) is 0 Å². The first kappa shape index (κ1) is 18.2. The van der Waals surface area contributed by atoms with Crippen LogP contribution >= 0.6 is 11.9 Å². The Morgan fingerprint density at radius 2 is 2.11 bits per heavy atom. The molecule has 0 atom stereocenters. The summed E-state index contributed by atoms with van der Waals surface area (Å²) in [5.74, 6) is 0.548. The van der Waals surface area contributed by atoms with Crippen LogP contribution in [0.1, 0.15) is 6.92 Å². The number of anilines is 2. The van der Waals surface area contributed by atoms with E-state index < -0.39 is 0 Å². The average molecular weight is 396 g/mol. The van der Waals surface area contributed by atoms with Gasteiger partial charge in [0.05, 0.1) is 23.3 Å². The fraction of sp³-hybridized carbons (Fsp3) is 0.150. The first-order valence-electron chi connectivity index (χ1n) is 8.65. The quantitative estimate of drug-likeness (QED) is 0.671. The Morgan fingerprint density at radius 3 is 2.96 bits per heavy atom. The van der Waals surface area contributed by atoms with Crippen molar-refractivity contribution in [1.82, 2.24) is 9.97 Å². The number of benzene rings is 1. The molecule has 0 saturated heterocycles. The Kier molecular flexibility index (Phi) is 5.12. The van der Waals surface area contributed by atoms with Crippen LogP contribution in [0.4, 0.5) is 15.9 Å². The number of nitrogens with one attached hydrogen (secondary N) is 1. The Morgan fingerprint density at radius 1 is 1.21 bits per heavy atom. The van der Waals surface area contributed by atoms with Gasteiger partial charge < -0.3 is 14.4 Å². The third kappa shape index (κ3) is 4.07. The second-order valence-electron chi connectivity index (χ2n) is 6.18. The lowest BCUT2D eigenvalue weighted by Crippen LogP contribution is -2.19. The van der Waals surface area contributed by atoms with Crippen molar-refractivity contribution in [2.75, 3.05) is 22.8 Å². The number of ether oxygens (including phenoxy) is 1. The molecule has 0 fully saturated rings. The van der Waals surface area contributed by atoms with Crippen molar-refractivity contribution < 1.29 is 13.9 Å². The number of nitrogens with zero attached hydrogens (tertiary/aromatic N) is 3. The van der Waals surface area contributed by atoms with Crippen LogP contribution in [0.15, 0.2) is 59.9 Å². The van der Waals surface area contributed by atoms with Crippen LogP contribution in [0.3, 0.4) is 0 Å². The zero-order valence-corrected chi connectivity index (χ0v) is 15.9. The molecule has 8 heteroatoms. The summed E-state index contributed by atoms with van der Waals surface area (Å²) in [6.07, 6.45) is 5.19. The summed E-state index contributed by atoms with van der Waals surface area (Å²) >= 11 is 1.49. The summed E-state index contributed by atoms with van der Waals surface area (Å²) in [6.45, 7) is 2.51. The topological polar surface area (TPSA) is 67.4 Å². The Hall–Kier alpha value is -3.13. The van der Waals surface area contributed by atoms with Gasteiger partial charge in [-0.25, -0.2) is 9.37 Å². The van der Waals surface area contributed by atoms with E-state index in [0.717, 1.165) is 21.7 Å². The van der Waals surface area contributed by atoms with Crippen molar-refractivity contribution >= 4 is 29.4 Å². The van der Waals surface area contributed by atoms with Crippen molar-refractivity contribution in [2.24, 2.45) is 0 Å². The van der Waals surface area contributed by atoms with Crippen LogP contribution in [-0.2, 0) is 4.79 Å². The zero-order valence-electron chi connectivity index (χ0n) is 15.1. The molecule has 2 aromatic heterocycles. The van der Waals surface area contributed by atoms with Crippen LogP contribution < -0.4 is 14.4 Å². The van der Waals surface area contributed by atoms with Crippen molar-refractivity contribution in [2.45, 2.75) is 11.8 Å². The number of carbonyl (C=O) groups is 1. The van der Waals surface area contributed by atoms with E-state index in [9.17, 15) is 9.18 Å². The van der Waals surface area contributed by atoms with Crippen molar-refractivity contribution in [3.05, 3.63) is 60.8 Å². The number of pyridine rings is 2. The minimum Gasteiger partial charge on any atom is -0.490 e. The monoisotopic (exact) mass is 396 g/mol. The third-order valence-electron chi connectivity index (χ3n) is 4.08. The highest BCUT2D eigenvalue weighted by Crippen LogP contribution is 2.38. The van der Waals surface area contributed by atoms with Crippen LogP contribution in [-0.4, -0.2) is 29.0 Å². The lowest BCUT2D eigenvalue weighted by molar-refractivity contribution is -0.114. The lowest BCUT2D eigenvalue weighted by Gasteiger charge is -2.20. The molecule has 3 heterocycles. The van der Waals surface area contributed by atoms with Crippen LogP contribution in [0.2, 0.25) is 0 Å². The molecule has 1 aromatic carbocycles. The van der Waals surface area contributed by atoms with Gasteiger partial charge in [0.2, 0.25) is 5.91 Å². The second-order valence-corrected chi connectivity index (χ2v) is 7.24. The first-order valence-corrected chi connectivity index (χ1v) is 9.43. The highest BCUT2D eigenvalue weighted by molar-refractivity contribution is 8.00. The van der Waals surface area contributed by atoms with Crippen LogP contribution in [0, 0.1) is 5.82 Å². The van der Waals surface area contributed by atoms with Gasteiger partial charge in [-0.1, -0.05) is 0 Å². The van der Waals surface area contributed by atoms with Crippen molar-refractivity contribution in [3.63, 3.8) is 0 Å². The minimum absolute atomic E-state index is 0.174. The van der Waals surface area contributed by atoms with Gasteiger partial charge >= 0.3 is 0 Å². The fourth-order valence-corrected chi connectivity index (χ4v) is 3.78. The van der Waals surface area contributed by atoms with E-state index in [1.165, 1.54) is 31.0 Å². The maximum absolute atomic E-state index is 13.5. The van der Waals surface area contributed by atoms with Gasteiger partial charge in [0, 0.05) is 30.9 Å². The molecular formula is C20H17FN4O2S. The molecule has 0 unspecified atom stereocenters. The van der Waals surface area contributed by atoms with Gasteiger partial charge in [0.15, 0.2) is 0 Å². The molecule has 0 saturated carbocycles. The summed E-state index contributed by atoms with van der Waals surface area (Å²) in [7, 11) is 0. The van der Waals surface area contributed by atoms with Crippen molar-refractivity contribution in [1.29, 1.82) is 0 Å². The highest BCUT2D eigenvalue weighted by atomic mass is 32.2. The number of carbonyl (C=O) groups excluding carboxylic acids is 1. The molecule has 0 spiro atoms. The maximum Gasteiger partial charge on any atom is 0.222 e. The first-order chi connectivity index (χ1) is 13.6. The Balaban J connectivity index is 1.62. The predicted octanol–water partition coefficient (Wildman–Crippen LogP) is 4.15. The van der Waals surface area contributed by atoms with E-state index in [1.807, 2.05) is 12.1 Å². The van der Waals surface area contributed by atoms with E-state index in [4.69, 9.17) is 4.74 Å². The highest BCUT2D eigenvalue weighted by Gasteiger charge is 2.18. The summed E-state index contributed by atoms with van der Waals surface area (Å²) in [5.41, 5.74) is 2.70. The standard InChI is InChI=1S/C20H17FN4O2S/c1-13(26)24-20-9-14(4-5-23-20)15-8-17(12-22-11-15)25-6-7-27-18-10-16(21)2-3-19(18)28-25/h2-5,8-12H,6-7H2,1H3,(H,23,24,26). The molecule has 1 aliphatic rings. The number of amides is 1. The van der Waals surface area contributed by atoms with Gasteiger partial charge in [-0.3, -0.25) is 9.78 Å². The van der Waals surface area contributed by atoms with E-state index in [-0.39, 0.29) is 11.7 Å². The average Bonchev–Trinajstić information content (AvgIpc) is 2.90. The summed E-state index contributed by atoms with van der Waals surface area (Å²) in [5, 5.41) is 2.68. The summed E-state index contributed by atoms with van der Waals surface area (Å²) in [6, 6.07) is 10.2. The van der Waals surface area contributed by atoms with E-state index >= 15 is 0 Å². The number of rotatable bonds is 3. The Bertz CT molecular complexity index is 1030. The predicted molar refractivity (Wildman–Crippen MR) is 107 cm³/mol. The molecular weight excluding hydrogens is 379 g/mol. The minimum atomic E-state index is -0.316. The number of aromatic nitrogens is 2. The van der Waals surface area contributed by atoms with E-state index in [1.54, 1.807) is 30.7 Å². The normalized spacial score (nSPS) is 13.3. The van der Waals surface area contributed by atoms with E-state index in [0.29, 0.717) is 24.7 Å². The third-order valence-corrected chi connectivity index (χ3v) is 5.22. The van der Waals surface area contributed by atoms with Gasteiger partial charge in [-0.15, -0.1) is 0 Å². The van der Waals surface area contributed by atoms with Crippen LogP contribution in [0.25, 0.3) is 11.1 Å². The molecule has 1 N–H and O–H groups in total. The second kappa shape index (κ2) is 7.85. The number of hydrogen-bond donors (Lipinski definition) is 1. The molecule has 6 nitrogen and oxygen atoms in total. The lowest BCUT2D eigenvalue weighted by atomic mass is 10.1. The van der Waals surface area contributed by atoms with Crippen molar-refractivity contribution in [3.8, 4) is 16.9 Å². The zero-order chi connectivity index (χ0) is 19.5. The Labute approximate surface area is 165 Å². The van der Waals surface area contributed by atoms with E-state index in [2.05, 4.69) is 19.6 Å². The number of hydrogen-bond acceptors (Lipinski definition) is 6. The molecule has 3 aromatic rings. The summed E-state index contributed by atoms with van der Waals surface area (Å²) < 4.78 is 21.2. The molecule has 0 aliphatic carbocycles. The smallest absolute Gasteiger partial charge is 0.222 e. The van der Waals surface area contributed by atoms with Gasteiger partial charge in [-0.2, -0.15) is 0 Å². The van der Waals surface area contributed by atoms with Crippen LogP contribution in [0.5, 0.6) is 5.75 Å². The molecule has 4 rings (SSSR count). The van der Waals surface area contributed by atoms with Gasteiger partial charge in [-0.05, 0) is 47.8 Å². The molecule has 1 aliphatic heterocycles. The molecule has 142 valence electrons. The summed E-state index contributed by atoms with van der Waals surface area (Å²) in [4.78, 5) is 20.6. The largest absolute Gasteiger partial charge is 0.490 e. The maximum atomic E-state index is 13.5. The molecule has 1 amide bonds. The molecule has 28 heavy (non-hydrogen) atoms. The molecule has 0 radical (unpaired) electrons. The number of halogens is 1. The van der Waals surface area contributed by atoms with Gasteiger partial charge in [0.1, 0.15) is 24.0 Å². The SMILES string of the molecule is CC(=O)Nc1cc(-c2cncc(N3CCOc4cc(F)ccc4S3)c2)ccn1. The fourth-order valence-electron chi connectivity index (χ4n) is 2.84. The number of fused-ring (bicyclic) bond motifs is 1. The molecule has 0 bridgehead atoms.